The number of hydrogen-bond donors (Lipinski definition) is 2. The van der Waals surface area contributed by atoms with Crippen molar-refractivity contribution in [3.63, 3.8) is 0 Å². The maximum atomic E-state index is 12.6. The number of nitrogens with zero attached hydrogens (tertiary/aromatic N) is 7. The molecule has 21 nitrogen and oxygen atoms in total. The van der Waals surface area contributed by atoms with Crippen LogP contribution in [0.25, 0.3) is 0 Å². The minimum atomic E-state index is -4.90. The fourth-order valence-electron chi connectivity index (χ4n) is 12.0. The van der Waals surface area contributed by atoms with Crippen LogP contribution >= 0.6 is 11.3 Å². The van der Waals surface area contributed by atoms with Crippen LogP contribution in [0.4, 0.5) is 27.5 Å². The quantitative estimate of drug-likeness (QED) is 0.0814. The van der Waals surface area contributed by atoms with Gasteiger partial charge in [0.1, 0.15) is 17.6 Å². The molecule has 0 radical (unpaired) electrons. The van der Waals surface area contributed by atoms with Gasteiger partial charge in [-0.25, -0.2) is 43.6 Å². The molecule has 2 heterocycles. The second-order valence-electron chi connectivity index (χ2n) is 19.7. The standard InChI is InChI=1S/C42H60N9O12S5.5Li/c1-23-34(22-43)39(44-27-11-15-30(16-12-27)65(52,53)54)47-40(45-28-13-17-31(18-14-28)66(55,56)57)37(23)49-51-42-46-38(26-10-9-24-5-2-3-6-25(24)19-26)41(64-42)50-48-29-20-33-32(36(21-29)68(61,62)63)7-4-8-35(33)67(58,59)60;;;;;/h4,24-33,35-36H,2-3,5-21H2,1H3,(H2,44,45,47)(H,52,53,54)(H,55,56,57)(H,58,59,60)(H,61,62,63);;;;;/q-1;5*+1/p-4. The fourth-order valence-corrected chi connectivity index (χ4v) is 16.8. The first-order valence-electron chi connectivity index (χ1n) is 23.5. The Morgan fingerprint density at radius 3 is 1.73 bits per heavy atom. The summed E-state index contributed by atoms with van der Waals surface area (Å²) in [5.41, 5.74) is 1.33. The Kier molecular flexibility index (Phi) is 25.4. The van der Waals surface area contributed by atoms with Gasteiger partial charge < -0.3 is 35.3 Å². The molecule has 0 aliphatic heterocycles. The molecule has 8 unspecified atom stereocenters. The first-order valence-corrected chi connectivity index (χ1v) is 30.2. The van der Waals surface area contributed by atoms with Crippen LogP contribution in [0.1, 0.15) is 145 Å². The van der Waals surface area contributed by atoms with Gasteiger partial charge >= 0.3 is 94.3 Å². The first-order chi connectivity index (χ1) is 32.1. The van der Waals surface area contributed by atoms with Gasteiger partial charge in [0.2, 0.25) is 5.13 Å². The SMILES string of the molecule is Cc1c(C#N)c(NC2CCC(S(=O)(=O)[O-])CC2)nc(NC2CCC(S(=O)(=O)[O-])CC2)c1N=Nc1nc(C2CCC3CCCCC3C2)c(N=NC2CC3C(C[CH-]CC3S(=O)(=O)[O-])C(S(=O)(=O)[O-])C2)s1.[Li+].[Li+].[Li+].[Li+].[Li+]. The summed E-state index contributed by atoms with van der Waals surface area (Å²) in [7, 11) is -18.7. The van der Waals surface area contributed by atoms with Gasteiger partial charge in [-0.05, 0) is 114 Å². The largest absolute Gasteiger partial charge is 1.00 e. The summed E-state index contributed by atoms with van der Waals surface area (Å²) in [5.74, 6) is -0.246. The second kappa shape index (κ2) is 27.7. The van der Waals surface area contributed by atoms with Crippen molar-refractivity contribution >= 4 is 79.3 Å². The monoisotopic (exact) mass is 1070 g/mol. The van der Waals surface area contributed by atoms with Crippen molar-refractivity contribution in [1.29, 1.82) is 5.26 Å². The van der Waals surface area contributed by atoms with Crippen molar-refractivity contribution < 1.29 is 146 Å². The van der Waals surface area contributed by atoms with E-state index >= 15 is 0 Å². The molecule has 8 rings (SSSR count). The normalized spacial score (nSPS) is 30.8. The number of thiazole rings is 1. The molecule has 0 saturated heterocycles. The van der Waals surface area contributed by atoms with Crippen LogP contribution in [0.2, 0.25) is 0 Å². The summed E-state index contributed by atoms with van der Waals surface area (Å²) in [5, 5.41) is 31.1. The minimum absolute atomic E-state index is 0. The number of anilines is 2. The van der Waals surface area contributed by atoms with Gasteiger partial charge in [0.25, 0.3) is 0 Å². The van der Waals surface area contributed by atoms with Gasteiger partial charge in [-0.2, -0.15) is 23.2 Å². The van der Waals surface area contributed by atoms with E-state index in [-0.39, 0.29) is 192 Å². The van der Waals surface area contributed by atoms with E-state index in [9.17, 15) is 57.1 Å². The third-order valence-electron chi connectivity index (χ3n) is 15.6. The summed E-state index contributed by atoms with van der Waals surface area (Å²) in [6.07, 6.45) is 10.7. The Morgan fingerprint density at radius 1 is 0.616 bits per heavy atom. The van der Waals surface area contributed by atoms with Crippen molar-refractivity contribution in [2.24, 2.45) is 44.1 Å². The van der Waals surface area contributed by atoms with Crippen molar-refractivity contribution in [3.8, 4) is 6.07 Å². The summed E-state index contributed by atoms with van der Waals surface area (Å²) in [6.45, 7) is 1.67. The van der Waals surface area contributed by atoms with Gasteiger partial charge in [0.15, 0.2) is 10.8 Å². The van der Waals surface area contributed by atoms with E-state index in [1.54, 1.807) is 13.3 Å². The van der Waals surface area contributed by atoms with E-state index in [2.05, 4.69) is 37.2 Å². The van der Waals surface area contributed by atoms with Gasteiger partial charge in [-0.15, -0.1) is 15.3 Å². The average molecular weight is 1070 g/mol. The molecule has 6 aliphatic carbocycles. The molecular weight excluding hydrogens is 1020 g/mol. The number of azo groups is 2. The van der Waals surface area contributed by atoms with E-state index in [0.717, 1.165) is 43.4 Å². The predicted molar refractivity (Wildman–Crippen MR) is 246 cm³/mol. The van der Waals surface area contributed by atoms with E-state index in [4.69, 9.17) is 9.97 Å². The zero-order valence-electron chi connectivity index (χ0n) is 42.5. The molecule has 2 N–H and O–H groups in total. The van der Waals surface area contributed by atoms with Crippen LogP contribution in [0.5, 0.6) is 0 Å². The fraction of sp³-hybridized carbons (Fsp3) is 0.762. The van der Waals surface area contributed by atoms with Crippen LogP contribution in [-0.4, -0.2) is 101 Å². The Labute approximate surface area is 493 Å². The van der Waals surface area contributed by atoms with Crippen molar-refractivity contribution in [2.75, 3.05) is 10.6 Å². The minimum Gasteiger partial charge on any atom is -0.748 e. The van der Waals surface area contributed by atoms with Crippen molar-refractivity contribution in [1.82, 2.24) is 9.97 Å². The molecular formula is C42H56Li5N9O12S5. The third kappa shape index (κ3) is 16.4. The molecule has 8 atom stereocenters. The van der Waals surface area contributed by atoms with E-state index in [1.165, 1.54) is 12.8 Å². The molecule has 31 heteroatoms. The molecule has 0 amide bonds. The molecule has 73 heavy (non-hydrogen) atoms. The summed E-state index contributed by atoms with van der Waals surface area (Å²) >= 11 is 1.08. The summed E-state index contributed by atoms with van der Waals surface area (Å²) < 4.78 is 145. The Bertz CT molecular complexity index is 2780. The smallest absolute Gasteiger partial charge is 0.748 e. The molecule has 0 bridgehead atoms. The molecule has 0 aromatic carbocycles. The van der Waals surface area contributed by atoms with E-state index in [0.29, 0.717) is 53.8 Å². The number of nitrogens with one attached hydrogen (secondary N) is 2. The van der Waals surface area contributed by atoms with Gasteiger partial charge in [-0.3, -0.25) is 0 Å². The topological polar surface area (TPSA) is 352 Å². The van der Waals surface area contributed by atoms with E-state index < -0.39 is 79.3 Å². The van der Waals surface area contributed by atoms with E-state index in [1.807, 2.05) is 0 Å². The molecule has 0 spiro atoms. The first kappa shape index (κ1) is 67.0. The average Bonchev–Trinajstić information content (AvgIpc) is 3.69. The Balaban J connectivity index is 0.00000281. The van der Waals surface area contributed by atoms with Crippen molar-refractivity contribution in [2.45, 2.75) is 174 Å². The molecule has 2 aromatic heterocycles. The number of nitriles is 1. The second-order valence-corrected chi connectivity index (χ2v) is 27.1. The molecule has 6 fully saturated rings. The molecule has 2 aromatic rings. The molecule has 376 valence electrons. The van der Waals surface area contributed by atoms with Crippen LogP contribution in [0.3, 0.4) is 0 Å². The van der Waals surface area contributed by atoms with Gasteiger partial charge in [-0.1, -0.05) is 37.0 Å². The number of pyridine rings is 1. The van der Waals surface area contributed by atoms with Crippen LogP contribution in [0, 0.1) is 48.3 Å². The maximum absolute atomic E-state index is 12.6. The van der Waals surface area contributed by atoms with Crippen LogP contribution in [-0.2, 0) is 40.5 Å². The van der Waals surface area contributed by atoms with Crippen LogP contribution in [0.15, 0.2) is 20.5 Å². The number of hydrogen-bond acceptors (Lipinski definition) is 22. The zero-order chi connectivity index (χ0) is 48.8. The predicted octanol–water partition coefficient (Wildman–Crippen LogP) is -7.93. The number of aromatic nitrogens is 2. The van der Waals surface area contributed by atoms with Crippen LogP contribution < -0.4 is 105 Å². The maximum Gasteiger partial charge on any atom is 1.00 e. The third-order valence-corrected chi connectivity index (χ3v) is 21.6. The van der Waals surface area contributed by atoms with Crippen molar-refractivity contribution in [3.05, 3.63) is 23.2 Å². The summed E-state index contributed by atoms with van der Waals surface area (Å²) in [6, 6.07) is 0.684. The molecule has 6 aliphatic rings. The number of fused-ring (bicyclic) bond motifs is 2. The van der Waals surface area contributed by atoms with Gasteiger partial charge in [0, 0.05) is 39.3 Å². The Morgan fingerprint density at radius 2 is 1.18 bits per heavy atom. The Hall–Kier alpha value is -0.303. The molecule has 6 saturated carbocycles. The zero-order valence-corrected chi connectivity index (χ0v) is 46.6. The summed E-state index contributed by atoms with van der Waals surface area (Å²) in [4.78, 5) is 9.74. The number of rotatable bonds is 13. The van der Waals surface area contributed by atoms with Gasteiger partial charge in [0.05, 0.1) is 63.0 Å².